The maximum Gasteiger partial charge on any atom is 0.317 e. The van der Waals surface area contributed by atoms with Crippen LogP contribution in [-0.4, -0.2) is 25.5 Å². The fourth-order valence-electron chi connectivity index (χ4n) is 3.80. The van der Waals surface area contributed by atoms with Gasteiger partial charge >= 0.3 is 5.97 Å². The number of methoxy groups -OCH3 is 1. The number of allylic oxidation sites excluding steroid dienone is 2. The molecule has 4 heteroatoms. The molecular weight excluding hydrogens is 352 g/mol. The third-order valence-corrected chi connectivity index (χ3v) is 5.28. The van der Waals surface area contributed by atoms with Gasteiger partial charge in [0.2, 0.25) is 0 Å². The molecule has 0 fully saturated rings. The molecule has 4 nitrogen and oxygen atoms in total. The fraction of sp³-hybridized carbons (Fsp3) is 0.333. The number of ketones is 1. The Balaban J connectivity index is 2.04. The summed E-state index contributed by atoms with van der Waals surface area (Å²) in [5.74, 6) is -1.18. The Morgan fingerprint density at radius 1 is 1.07 bits per heavy atom. The highest BCUT2D eigenvalue weighted by Crippen LogP contribution is 2.43. The maximum absolute atomic E-state index is 13.0. The molecule has 0 bridgehead atoms. The van der Waals surface area contributed by atoms with Crippen molar-refractivity contribution in [2.24, 2.45) is 5.92 Å². The summed E-state index contributed by atoms with van der Waals surface area (Å²) in [6.07, 6.45) is 3.14. The van der Waals surface area contributed by atoms with E-state index in [-0.39, 0.29) is 18.3 Å². The summed E-state index contributed by atoms with van der Waals surface area (Å²) in [6, 6.07) is 15.8. The summed E-state index contributed by atoms with van der Waals surface area (Å²) in [6.45, 7) is 4.11. The Labute approximate surface area is 166 Å². The zero-order valence-corrected chi connectivity index (χ0v) is 16.6. The van der Waals surface area contributed by atoms with Crippen molar-refractivity contribution in [1.82, 2.24) is 0 Å². The number of para-hydroxylation sites is 1. The molecule has 0 unspecified atom stereocenters. The van der Waals surface area contributed by atoms with Crippen molar-refractivity contribution >= 4 is 17.3 Å². The minimum absolute atomic E-state index is 0.213. The Hall–Kier alpha value is -2.88. The summed E-state index contributed by atoms with van der Waals surface area (Å²) in [7, 11) is 1.60. The van der Waals surface area contributed by atoms with Crippen molar-refractivity contribution in [3.05, 3.63) is 71.3 Å². The van der Waals surface area contributed by atoms with Gasteiger partial charge in [0.1, 0.15) is 11.7 Å². The Kier molecular flexibility index (Phi) is 6.30. The van der Waals surface area contributed by atoms with Crippen LogP contribution in [0.3, 0.4) is 0 Å². The highest BCUT2D eigenvalue weighted by atomic mass is 16.5. The molecule has 28 heavy (non-hydrogen) atoms. The maximum atomic E-state index is 13.0. The van der Waals surface area contributed by atoms with E-state index >= 15 is 0 Å². The normalized spacial score (nSPS) is 19.1. The van der Waals surface area contributed by atoms with Gasteiger partial charge in [0.25, 0.3) is 0 Å². The minimum atomic E-state index is -0.852. The quantitative estimate of drug-likeness (QED) is 0.545. The van der Waals surface area contributed by atoms with Crippen LogP contribution in [-0.2, 0) is 20.7 Å². The zero-order chi connectivity index (χ0) is 20.1. The SMILES string of the molecule is CCOC(=O)[C@H]1C(=O)C=C(c2ccc(CC)cc2)C[C@H]1c1ccccc1OC. The minimum Gasteiger partial charge on any atom is -0.496 e. The number of carbonyl (C=O) groups is 2. The topological polar surface area (TPSA) is 52.6 Å². The van der Waals surface area contributed by atoms with E-state index in [0.717, 1.165) is 23.1 Å². The van der Waals surface area contributed by atoms with E-state index in [1.54, 1.807) is 20.1 Å². The molecule has 1 aliphatic rings. The molecule has 0 amide bonds. The van der Waals surface area contributed by atoms with Gasteiger partial charge in [-0.25, -0.2) is 0 Å². The van der Waals surface area contributed by atoms with Crippen molar-refractivity contribution in [2.75, 3.05) is 13.7 Å². The van der Waals surface area contributed by atoms with E-state index in [9.17, 15) is 9.59 Å². The fourth-order valence-corrected chi connectivity index (χ4v) is 3.80. The standard InChI is InChI=1S/C24H26O4/c1-4-16-10-12-17(13-11-16)18-14-20(19-8-6-7-9-22(19)27-3)23(21(25)15-18)24(26)28-5-2/h6-13,15,20,23H,4-5,14H2,1-3H3/t20-,23+/m0/s1. The zero-order valence-electron chi connectivity index (χ0n) is 16.6. The second-order valence-corrected chi connectivity index (χ2v) is 6.90. The van der Waals surface area contributed by atoms with Crippen LogP contribution in [0.2, 0.25) is 0 Å². The molecule has 0 aliphatic heterocycles. The summed E-state index contributed by atoms with van der Waals surface area (Å²) in [5.41, 5.74) is 4.04. The number of benzene rings is 2. The van der Waals surface area contributed by atoms with Crippen LogP contribution in [0.5, 0.6) is 5.75 Å². The molecular formula is C24H26O4. The summed E-state index contributed by atoms with van der Waals surface area (Å²) in [5, 5.41) is 0. The molecule has 1 aliphatic carbocycles. The number of carbonyl (C=O) groups excluding carboxylic acids is 2. The second-order valence-electron chi connectivity index (χ2n) is 6.90. The first-order valence-corrected chi connectivity index (χ1v) is 9.72. The molecule has 0 saturated carbocycles. The largest absolute Gasteiger partial charge is 0.496 e. The van der Waals surface area contributed by atoms with Crippen LogP contribution in [0.1, 0.15) is 42.9 Å². The lowest BCUT2D eigenvalue weighted by Gasteiger charge is -2.30. The highest BCUT2D eigenvalue weighted by Gasteiger charge is 2.40. The van der Waals surface area contributed by atoms with Crippen molar-refractivity contribution in [1.29, 1.82) is 0 Å². The van der Waals surface area contributed by atoms with Crippen LogP contribution in [0.4, 0.5) is 0 Å². The Morgan fingerprint density at radius 3 is 2.43 bits per heavy atom. The lowest BCUT2D eigenvalue weighted by Crippen LogP contribution is -2.34. The molecule has 0 saturated heterocycles. The molecule has 0 spiro atoms. The predicted molar refractivity (Wildman–Crippen MR) is 109 cm³/mol. The first kappa shape index (κ1) is 19.9. The molecule has 0 heterocycles. The van der Waals surface area contributed by atoms with E-state index in [1.807, 2.05) is 36.4 Å². The second kappa shape index (κ2) is 8.87. The van der Waals surface area contributed by atoms with E-state index in [4.69, 9.17) is 9.47 Å². The number of esters is 1. The Morgan fingerprint density at radius 2 is 1.79 bits per heavy atom. The third-order valence-electron chi connectivity index (χ3n) is 5.28. The van der Waals surface area contributed by atoms with Crippen molar-refractivity contribution < 1.29 is 19.1 Å². The number of ether oxygens (including phenoxy) is 2. The third kappa shape index (κ3) is 4.01. The molecule has 146 valence electrons. The lowest BCUT2D eigenvalue weighted by molar-refractivity contribution is -0.151. The van der Waals surface area contributed by atoms with Crippen LogP contribution in [0, 0.1) is 5.92 Å². The van der Waals surface area contributed by atoms with Gasteiger partial charge in [0, 0.05) is 5.92 Å². The van der Waals surface area contributed by atoms with E-state index < -0.39 is 11.9 Å². The van der Waals surface area contributed by atoms with Gasteiger partial charge in [0.15, 0.2) is 5.78 Å². The molecule has 2 atom stereocenters. The molecule has 0 N–H and O–H groups in total. The summed E-state index contributed by atoms with van der Waals surface area (Å²) < 4.78 is 10.7. The van der Waals surface area contributed by atoms with Crippen molar-refractivity contribution in [3.63, 3.8) is 0 Å². The van der Waals surface area contributed by atoms with Gasteiger partial charge in [-0.1, -0.05) is 49.4 Å². The molecule has 2 aromatic rings. The Bertz CT molecular complexity index is 880. The lowest BCUT2D eigenvalue weighted by atomic mass is 9.73. The van der Waals surface area contributed by atoms with Gasteiger partial charge < -0.3 is 9.47 Å². The van der Waals surface area contributed by atoms with Crippen molar-refractivity contribution in [3.8, 4) is 5.75 Å². The number of hydrogen-bond acceptors (Lipinski definition) is 4. The molecule has 2 aromatic carbocycles. The molecule has 0 radical (unpaired) electrons. The van der Waals surface area contributed by atoms with Gasteiger partial charge in [-0.2, -0.15) is 0 Å². The average molecular weight is 378 g/mol. The summed E-state index contributed by atoms with van der Waals surface area (Å²) in [4.78, 5) is 25.6. The van der Waals surface area contributed by atoms with E-state index in [0.29, 0.717) is 12.2 Å². The molecule has 0 aromatic heterocycles. The smallest absolute Gasteiger partial charge is 0.317 e. The van der Waals surface area contributed by atoms with Crippen LogP contribution in [0.15, 0.2) is 54.6 Å². The van der Waals surface area contributed by atoms with Gasteiger partial charge in [-0.05, 0) is 54.2 Å². The number of aryl methyl sites for hydroxylation is 1. The summed E-state index contributed by atoms with van der Waals surface area (Å²) >= 11 is 0. The highest BCUT2D eigenvalue weighted by molar-refractivity contribution is 6.10. The van der Waals surface area contributed by atoms with Gasteiger partial charge in [-0.15, -0.1) is 0 Å². The van der Waals surface area contributed by atoms with Crippen molar-refractivity contribution in [2.45, 2.75) is 32.6 Å². The van der Waals surface area contributed by atoms with E-state index in [1.165, 1.54) is 5.56 Å². The number of rotatable bonds is 6. The van der Waals surface area contributed by atoms with Crippen LogP contribution < -0.4 is 4.74 Å². The monoisotopic (exact) mass is 378 g/mol. The predicted octanol–water partition coefficient (Wildman–Crippen LogP) is 4.58. The van der Waals surface area contributed by atoms with Gasteiger partial charge in [-0.3, -0.25) is 9.59 Å². The van der Waals surface area contributed by atoms with Gasteiger partial charge in [0.05, 0.1) is 13.7 Å². The average Bonchev–Trinajstić information content (AvgIpc) is 2.73. The van der Waals surface area contributed by atoms with Crippen LogP contribution in [0.25, 0.3) is 5.57 Å². The molecule has 3 rings (SSSR count). The van der Waals surface area contributed by atoms with E-state index in [2.05, 4.69) is 19.1 Å². The first-order chi connectivity index (χ1) is 13.6. The van der Waals surface area contributed by atoms with Crippen LogP contribution >= 0.6 is 0 Å². The first-order valence-electron chi connectivity index (χ1n) is 9.72. The number of hydrogen-bond donors (Lipinski definition) is 0.